The monoisotopic (exact) mass is 275 g/mol. The average Bonchev–Trinajstić information content (AvgIpc) is 2.60. The smallest absolute Gasteiger partial charge is 0.0397 e. The highest BCUT2D eigenvalue weighted by Crippen LogP contribution is 2.28. The van der Waals surface area contributed by atoms with Gasteiger partial charge in [-0.15, -0.1) is 11.3 Å². The largest absolute Gasteiger partial charge is 0.309 e. The molecule has 3 heteroatoms. The predicted molar refractivity (Wildman–Crippen MR) is 67.9 cm³/mol. The molecular formula is C11H18BrNS. The van der Waals surface area contributed by atoms with Gasteiger partial charge in [0.2, 0.25) is 0 Å². The Bertz CT molecular complexity index is 272. The molecule has 1 aromatic rings. The Hall–Kier alpha value is 0.140. The summed E-state index contributed by atoms with van der Waals surface area (Å²) in [6.07, 6.45) is 1.24. The Morgan fingerprint density at radius 1 is 1.50 bits per heavy atom. The van der Waals surface area contributed by atoms with Gasteiger partial charge in [0, 0.05) is 15.4 Å². The summed E-state index contributed by atoms with van der Waals surface area (Å²) in [4.78, 5) is 1.40. The molecule has 0 aromatic carbocycles. The fourth-order valence-electron chi connectivity index (χ4n) is 1.23. The molecule has 0 spiro atoms. The number of rotatable bonds is 5. The summed E-state index contributed by atoms with van der Waals surface area (Å²) < 4.78 is 1.23. The normalized spacial score (nSPS) is 15.4. The van der Waals surface area contributed by atoms with Crippen LogP contribution < -0.4 is 5.32 Å². The van der Waals surface area contributed by atoms with E-state index in [-0.39, 0.29) is 0 Å². The molecule has 0 bridgehead atoms. The van der Waals surface area contributed by atoms with E-state index in [1.165, 1.54) is 15.8 Å². The Kier molecular flexibility index (Phi) is 5.13. The first-order chi connectivity index (χ1) is 6.65. The van der Waals surface area contributed by atoms with Crippen LogP contribution in [0.1, 0.15) is 38.1 Å². The third-order valence-corrected chi connectivity index (χ3v) is 4.56. The van der Waals surface area contributed by atoms with Crippen LogP contribution in [0.4, 0.5) is 0 Å². The van der Waals surface area contributed by atoms with E-state index in [1.807, 2.05) is 11.3 Å². The topological polar surface area (TPSA) is 12.0 Å². The summed E-state index contributed by atoms with van der Waals surface area (Å²) in [7, 11) is 0. The van der Waals surface area contributed by atoms with Crippen LogP contribution in [0.2, 0.25) is 0 Å². The molecule has 0 aliphatic heterocycles. The average molecular weight is 276 g/mol. The first kappa shape index (κ1) is 12.2. The van der Waals surface area contributed by atoms with E-state index in [0.717, 1.165) is 12.5 Å². The lowest BCUT2D eigenvalue weighted by molar-refractivity contribution is 0.463. The molecule has 0 aliphatic rings. The van der Waals surface area contributed by atoms with Crippen molar-refractivity contribution in [2.75, 3.05) is 6.54 Å². The lowest BCUT2D eigenvalue weighted by Crippen LogP contribution is -2.23. The van der Waals surface area contributed by atoms with Crippen molar-refractivity contribution in [2.45, 2.75) is 33.2 Å². The third kappa shape index (κ3) is 3.37. The molecule has 2 atom stereocenters. The quantitative estimate of drug-likeness (QED) is 0.849. The Morgan fingerprint density at radius 3 is 2.71 bits per heavy atom. The van der Waals surface area contributed by atoms with Gasteiger partial charge in [0.1, 0.15) is 0 Å². The number of hydrogen-bond acceptors (Lipinski definition) is 2. The van der Waals surface area contributed by atoms with E-state index in [9.17, 15) is 0 Å². The number of halogens is 1. The van der Waals surface area contributed by atoms with Crippen LogP contribution in [0.3, 0.4) is 0 Å². The van der Waals surface area contributed by atoms with Crippen LogP contribution in [-0.2, 0) is 0 Å². The number of hydrogen-bond donors (Lipinski definition) is 1. The van der Waals surface area contributed by atoms with Gasteiger partial charge in [0.25, 0.3) is 0 Å². The molecule has 80 valence electrons. The van der Waals surface area contributed by atoms with Crippen LogP contribution in [0.15, 0.2) is 15.9 Å². The van der Waals surface area contributed by atoms with Crippen molar-refractivity contribution in [1.29, 1.82) is 0 Å². The maximum Gasteiger partial charge on any atom is 0.0397 e. The van der Waals surface area contributed by atoms with Crippen LogP contribution in [0, 0.1) is 5.92 Å². The summed E-state index contributed by atoms with van der Waals surface area (Å²) in [5, 5.41) is 5.68. The predicted octanol–water partition coefficient (Wildman–Crippen LogP) is 4.21. The molecule has 1 heterocycles. The van der Waals surface area contributed by atoms with E-state index >= 15 is 0 Å². The fourth-order valence-corrected chi connectivity index (χ4v) is 2.98. The Labute approximate surface area is 99.0 Å². The molecule has 14 heavy (non-hydrogen) atoms. The van der Waals surface area contributed by atoms with Gasteiger partial charge in [-0.2, -0.15) is 0 Å². The van der Waals surface area contributed by atoms with Crippen LogP contribution in [0.5, 0.6) is 0 Å². The van der Waals surface area contributed by atoms with Crippen molar-refractivity contribution >= 4 is 27.3 Å². The van der Waals surface area contributed by atoms with Crippen molar-refractivity contribution in [3.05, 3.63) is 20.8 Å². The minimum absolute atomic E-state index is 0.457. The first-order valence-electron chi connectivity index (χ1n) is 5.11. The van der Waals surface area contributed by atoms with Gasteiger partial charge >= 0.3 is 0 Å². The highest BCUT2D eigenvalue weighted by atomic mass is 79.9. The zero-order valence-electron chi connectivity index (χ0n) is 9.01. The zero-order chi connectivity index (χ0) is 10.6. The molecule has 0 amide bonds. The SMILES string of the molecule is CCC(C)CNC(C)c1sccc1Br. The van der Waals surface area contributed by atoms with Crippen molar-refractivity contribution in [3.8, 4) is 0 Å². The van der Waals surface area contributed by atoms with Gasteiger partial charge in [-0.3, -0.25) is 0 Å². The van der Waals surface area contributed by atoms with Crippen LogP contribution in [0.25, 0.3) is 0 Å². The number of thiophene rings is 1. The molecule has 1 aromatic heterocycles. The van der Waals surface area contributed by atoms with Crippen LogP contribution in [-0.4, -0.2) is 6.54 Å². The minimum Gasteiger partial charge on any atom is -0.309 e. The number of nitrogens with one attached hydrogen (secondary N) is 1. The Morgan fingerprint density at radius 2 is 2.21 bits per heavy atom. The standard InChI is InChI=1S/C11H18BrNS/c1-4-8(2)7-13-9(3)11-10(12)5-6-14-11/h5-6,8-9,13H,4,7H2,1-3H3. The third-order valence-electron chi connectivity index (χ3n) is 2.51. The fraction of sp³-hybridized carbons (Fsp3) is 0.636. The maximum absolute atomic E-state index is 3.56. The Balaban J connectivity index is 2.43. The first-order valence-corrected chi connectivity index (χ1v) is 6.78. The van der Waals surface area contributed by atoms with E-state index in [2.05, 4.69) is 53.5 Å². The van der Waals surface area contributed by atoms with E-state index < -0.39 is 0 Å². The molecule has 0 saturated heterocycles. The molecular weight excluding hydrogens is 258 g/mol. The minimum atomic E-state index is 0.457. The molecule has 1 N–H and O–H groups in total. The van der Waals surface area contributed by atoms with Gasteiger partial charge < -0.3 is 5.32 Å². The van der Waals surface area contributed by atoms with Gasteiger partial charge in [-0.05, 0) is 46.8 Å². The summed E-state index contributed by atoms with van der Waals surface area (Å²) >= 11 is 5.37. The van der Waals surface area contributed by atoms with E-state index in [1.54, 1.807) is 0 Å². The van der Waals surface area contributed by atoms with Crippen LogP contribution >= 0.6 is 27.3 Å². The van der Waals surface area contributed by atoms with Gasteiger partial charge in [0.05, 0.1) is 0 Å². The van der Waals surface area contributed by atoms with Gasteiger partial charge in [-0.1, -0.05) is 20.3 Å². The molecule has 1 nitrogen and oxygen atoms in total. The van der Waals surface area contributed by atoms with Gasteiger partial charge in [-0.25, -0.2) is 0 Å². The molecule has 1 rings (SSSR count). The van der Waals surface area contributed by atoms with E-state index in [0.29, 0.717) is 6.04 Å². The molecule has 0 radical (unpaired) electrons. The van der Waals surface area contributed by atoms with Crippen molar-refractivity contribution in [1.82, 2.24) is 5.32 Å². The summed E-state index contributed by atoms with van der Waals surface area (Å²) in [6, 6.07) is 2.57. The molecule has 0 fully saturated rings. The lowest BCUT2D eigenvalue weighted by atomic mass is 10.1. The molecule has 0 saturated carbocycles. The second-order valence-corrected chi connectivity index (χ2v) is 5.58. The summed E-state index contributed by atoms with van der Waals surface area (Å²) in [5.74, 6) is 0.760. The summed E-state index contributed by atoms with van der Waals surface area (Å²) in [5.41, 5.74) is 0. The van der Waals surface area contributed by atoms with Crippen molar-refractivity contribution in [2.24, 2.45) is 5.92 Å². The highest BCUT2D eigenvalue weighted by Gasteiger charge is 2.10. The molecule has 0 aliphatic carbocycles. The lowest BCUT2D eigenvalue weighted by Gasteiger charge is -2.16. The highest BCUT2D eigenvalue weighted by molar-refractivity contribution is 9.10. The molecule has 2 unspecified atom stereocenters. The summed E-state index contributed by atoms with van der Waals surface area (Å²) in [6.45, 7) is 7.84. The van der Waals surface area contributed by atoms with Crippen molar-refractivity contribution < 1.29 is 0 Å². The second-order valence-electron chi connectivity index (χ2n) is 3.78. The second kappa shape index (κ2) is 5.89. The van der Waals surface area contributed by atoms with Crippen molar-refractivity contribution in [3.63, 3.8) is 0 Å². The maximum atomic E-state index is 3.56. The van der Waals surface area contributed by atoms with Gasteiger partial charge in [0.15, 0.2) is 0 Å². The van der Waals surface area contributed by atoms with E-state index in [4.69, 9.17) is 0 Å². The zero-order valence-corrected chi connectivity index (χ0v) is 11.4.